The Morgan fingerprint density at radius 3 is 2.19 bits per heavy atom. The highest BCUT2D eigenvalue weighted by Crippen LogP contribution is 2.36. The fourth-order valence-electron chi connectivity index (χ4n) is 3.87. The molecule has 0 saturated carbocycles. The summed E-state index contributed by atoms with van der Waals surface area (Å²) in [5.41, 5.74) is 6.22. The Kier molecular flexibility index (Phi) is 6.48. The zero-order valence-corrected chi connectivity index (χ0v) is 18.7. The molecule has 0 amide bonds. The maximum absolute atomic E-state index is 9.05. The molecule has 1 saturated heterocycles. The highest BCUT2D eigenvalue weighted by atomic mass is 16.5. The van der Waals surface area contributed by atoms with Crippen LogP contribution in [0.15, 0.2) is 60.9 Å². The van der Waals surface area contributed by atoms with Crippen LogP contribution in [0, 0.1) is 18.3 Å². The highest BCUT2D eigenvalue weighted by molar-refractivity contribution is 5.90. The normalized spacial score (nSPS) is 13.4. The minimum Gasteiger partial charge on any atom is -0.468 e. The second-order valence-corrected chi connectivity index (χ2v) is 8.01. The fourth-order valence-corrected chi connectivity index (χ4v) is 3.87. The third-order valence-electron chi connectivity index (χ3n) is 5.65. The molecule has 0 bridgehead atoms. The van der Waals surface area contributed by atoms with E-state index in [1.807, 2.05) is 22.7 Å². The summed E-state index contributed by atoms with van der Waals surface area (Å²) in [7, 11) is 3.77. The molecule has 0 spiro atoms. The summed E-state index contributed by atoms with van der Waals surface area (Å²) < 4.78 is 7.30. The molecule has 2 aromatic heterocycles. The van der Waals surface area contributed by atoms with E-state index in [0.29, 0.717) is 11.6 Å². The summed E-state index contributed by atoms with van der Waals surface area (Å²) >= 11 is 0. The molecule has 3 heterocycles. The number of fused-ring (bicyclic) bond motifs is 1. The van der Waals surface area contributed by atoms with Gasteiger partial charge in [0.05, 0.1) is 30.0 Å². The van der Waals surface area contributed by atoms with Crippen molar-refractivity contribution in [1.29, 1.82) is 5.26 Å². The summed E-state index contributed by atoms with van der Waals surface area (Å²) in [4.78, 5) is 11.6. The van der Waals surface area contributed by atoms with Crippen LogP contribution in [0.3, 0.4) is 0 Å². The molecule has 0 aliphatic carbocycles. The van der Waals surface area contributed by atoms with Gasteiger partial charge in [-0.1, -0.05) is 42.0 Å². The number of aromatic nitrogens is 3. The number of ether oxygens (including phenoxy) is 1. The van der Waals surface area contributed by atoms with E-state index in [4.69, 9.17) is 15.0 Å². The highest BCUT2D eigenvalue weighted by Gasteiger charge is 2.18. The van der Waals surface area contributed by atoms with Crippen LogP contribution in [0.4, 0.5) is 0 Å². The monoisotopic (exact) mass is 425 g/mol. The van der Waals surface area contributed by atoms with Gasteiger partial charge in [0.2, 0.25) is 0 Å². The predicted octanol–water partition coefficient (Wildman–Crippen LogP) is 4.96. The van der Waals surface area contributed by atoms with Gasteiger partial charge >= 0.3 is 6.01 Å². The van der Waals surface area contributed by atoms with Gasteiger partial charge in [-0.2, -0.15) is 10.2 Å². The molecular formula is C26H27N5O. The Bertz CT molecular complexity index is 1230. The number of aryl methyl sites for hydroxylation is 1. The van der Waals surface area contributed by atoms with Gasteiger partial charge in [0.15, 0.2) is 5.65 Å². The number of rotatable bonds is 3. The van der Waals surface area contributed by atoms with Gasteiger partial charge in [-0.05, 0) is 57.6 Å². The maximum atomic E-state index is 9.05. The van der Waals surface area contributed by atoms with Crippen LogP contribution in [0.2, 0.25) is 0 Å². The molecule has 6 heteroatoms. The van der Waals surface area contributed by atoms with E-state index < -0.39 is 0 Å². The molecule has 2 aromatic carbocycles. The lowest BCUT2D eigenvalue weighted by Gasteiger charge is -2.14. The standard InChI is InChI=1S/C21H16N4O.C5H11N/c1-14-3-7-16(8-4-14)18-19(17-9-5-15(13-22)6-10-17)24-21(26-2)25-12-11-23-20(18)25;1-6-4-2-3-5-6/h3-12H,1-2H3;2-5H2,1H3. The first-order valence-corrected chi connectivity index (χ1v) is 10.8. The van der Waals surface area contributed by atoms with E-state index in [-0.39, 0.29) is 0 Å². The molecule has 0 N–H and O–H groups in total. The average molecular weight is 426 g/mol. The second kappa shape index (κ2) is 9.63. The summed E-state index contributed by atoms with van der Waals surface area (Å²) in [5, 5.41) is 9.05. The van der Waals surface area contributed by atoms with E-state index in [0.717, 1.165) is 28.0 Å². The van der Waals surface area contributed by atoms with Crippen LogP contribution >= 0.6 is 0 Å². The zero-order chi connectivity index (χ0) is 22.5. The lowest BCUT2D eigenvalue weighted by Crippen LogP contribution is -2.10. The summed E-state index contributed by atoms with van der Waals surface area (Å²) in [6, 6.07) is 18.3. The van der Waals surface area contributed by atoms with Crippen molar-refractivity contribution in [2.45, 2.75) is 19.8 Å². The lowest BCUT2D eigenvalue weighted by atomic mass is 9.98. The molecule has 0 radical (unpaired) electrons. The average Bonchev–Trinajstić information content (AvgIpc) is 3.51. The topological polar surface area (TPSA) is 66.5 Å². The Labute approximate surface area is 188 Å². The fraction of sp³-hybridized carbons (Fsp3) is 0.269. The van der Waals surface area contributed by atoms with Crippen LogP contribution < -0.4 is 4.74 Å². The Morgan fingerprint density at radius 1 is 0.969 bits per heavy atom. The van der Waals surface area contributed by atoms with Crippen LogP contribution in [-0.4, -0.2) is 46.5 Å². The van der Waals surface area contributed by atoms with Gasteiger partial charge in [0.1, 0.15) is 0 Å². The van der Waals surface area contributed by atoms with Crippen molar-refractivity contribution >= 4 is 5.65 Å². The van der Waals surface area contributed by atoms with E-state index in [2.05, 4.69) is 54.2 Å². The smallest absolute Gasteiger partial charge is 0.302 e. The minimum absolute atomic E-state index is 0.465. The first-order chi connectivity index (χ1) is 15.6. The molecule has 6 nitrogen and oxygen atoms in total. The third-order valence-corrected chi connectivity index (χ3v) is 5.65. The minimum atomic E-state index is 0.465. The van der Waals surface area contributed by atoms with Gasteiger partial charge < -0.3 is 9.64 Å². The lowest BCUT2D eigenvalue weighted by molar-refractivity contribution is 0.375. The molecule has 1 aliphatic rings. The van der Waals surface area contributed by atoms with Crippen LogP contribution in [0.25, 0.3) is 28.0 Å². The second-order valence-electron chi connectivity index (χ2n) is 8.01. The largest absolute Gasteiger partial charge is 0.468 e. The van der Waals surface area contributed by atoms with Gasteiger partial charge in [-0.15, -0.1) is 0 Å². The maximum Gasteiger partial charge on any atom is 0.302 e. The number of methoxy groups -OCH3 is 1. The molecule has 32 heavy (non-hydrogen) atoms. The van der Waals surface area contributed by atoms with Gasteiger partial charge in [-0.3, -0.25) is 4.40 Å². The molecule has 4 aromatic rings. The first kappa shape index (κ1) is 21.5. The zero-order valence-electron chi connectivity index (χ0n) is 18.7. The van der Waals surface area contributed by atoms with Crippen LogP contribution in [0.5, 0.6) is 6.01 Å². The number of nitriles is 1. The third kappa shape index (κ3) is 4.48. The van der Waals surface area contributed by atoms with E-state index in [9.17, 15) is 0 Å². The van der Waals surface area contributed by atoms with Crippen molar-refractivity contribution < 1.29 is 4.74 Å². The summed E-state index contributed by atoms with van der Waals surface area (Å²) in [5.74, 6) is 0. The molecule has 1 fully saturated rings. The number of imidazole rings is 1. The SMILES string of the molecule is CN1CCCC1.COc1nc(-c2ccc(C#N)cc2)c(-c2ccc(C)cc2)c2nccn12. The molecule has 0 unspecified atom stereocenters. The molecule has 0 atom stereocenters. The van der Waals surface area contributed by atoms with Crippen molar-refractivity contribution in [2.75, 3.05) is 27.2 Å². The number of benzene rings is 2. The molecular weight excluding hydrogens is 398 g/mol. The quantitative estimate of drug-likeness (QED) is 0.464. The van der Waals surface area contributed by atoms with Gasteiger partial charge in [-0.25, -0.2) is 4.98 Å². The number of hydrogen-bond donors (Lipinski definition) is 0. The molecule has 1 aliphatic heterocycles. The van der Waals surface area contributed by atoms with Crippen LogP contribution in [0.1, 0.15) is 24.0 Å². The Balaban J connectivity index is 0.000000354. The number of nitrogens with zero attached hydrogens (tertiary/aromatic N) is 5. The molecule has 162 valence electrons. The number of likely N-dealkylation sites (tertiary alicyclic amines) is 1. The number of hydrogen-bond acceptors (Lipinski definition) is 5. The van der Waals surface area contributed by atoms with Gasteiger partial charge in [0.25, 0.3) is 0 Å². The van der Waals surface area contributed by atoms with Crippen molar-refractivity contribution in [3.63, 3.8) is 0 Å². The van der Waals surface area contributed by atoms with Crippen molar-refractivity contribution in [3.8, 4) is 34.5 Å². The van der Waals surface area contributed by atoms with E-state index >= 15 is 0 Å². The van der Waals surface area contributed by atoms with E-state index in [1.165, 1.54) is 31.5 Å². The van der Waals surface area contributed by atoms with Crippen molar-refractivity contribution in [3.05, 3.63) is 72.1 Å². The van der Waals surface area contributed by atoms with Crippen LogP contribution in [-0.2, 0) is 0 Å². The van der Waals surface area contributed by atoms with Crippen molar-refractivity contribution in [2.24, 2.45) is 0 Å². The predicted molar refractivity (Wildman–Crippen MR) is 127 cm³/mol. The van der Waals surface area contributed by atoms with Gasteiger partial charge in [0, 0.05) is 18.0 Å². The van der Waals surface area contributed by atoms with Crippen molar-refractivity contribution in [1.82, 2.24) is 19.3 Å². The summed E-state index contributed by atoms with van der Waals surface area (Å²) in [6.07, 6.45) is 6.40. The first-order valence-electron chi connectivity index (χ1n) is 10.8. The Hall–Kier alpha value is -3.69. The molecule has 5 rings (SSSR count). The van der Waals surface area contributed by atoms with E-state index in [1.54, 1.807) is 25.4 Å². The summed E-state index contributed by atoms with van der Waals surface area (Å²) in [6.45, 7) is 4.70. The Morgan fingerprint density at radius 2 is 1.62 bits per heavy atom.